The second-order valence-corrected chi connectivity index (χ2v) is 23.6. The summed E-state index contributed by atoms with van der Waals surface area (Å²) in [6, 6.07) is 7.05. The van der Waals surface area contributed by atoms with E-state index in [2.05, 4.69) is 37.2 Å². The largest absolute Gasteiger partial charge is 0.458 e. The number of allylic oxidation sites excluding steroid dienone is 1. The summed E-state index contributed by atoms with van der Waals surface area (Å²) in [7, 11) is 7.44. The van der Waals surface area contributed by atoms with Crippen LogP contribution in [0.4, 0.5) is 4.39 Å². The van der Waals surface area contributed by atoms with Crippen molar-refractivity contribution in [2.45, 2.75) is 133 Å². The lowest BCUT2D eigenvalue weighted by Gasteiger charge is -2.39. The average Bonchev–Trinajstić information content (AvgIpc) is 1.65. The van der Waals surface area contributed by atoms with E-state index in [0.29, 0.717) is 59.5 Å². The quantitative estimate of drug-likeness (QED) is 0.0170. The number of imide groups is 1. The zero-order valence-electron chi connectivity index (χ0n) is 49.3. The number of cyclic esters (lactones) is 1. The number of methoxy groups -OCH3 is 1. The maximum Gasteiger partial charge on any atom is 0.343 e. The molecule has 1 aromatic carbocycles. The number of nitrogens with zero attached hydrogens (tertiary/aromatic N) is 3. The van der Waals surface area contributed by atoms with Gasteiger partial charge in [0.25, 0.3) is 17.4 Å². The Morgan fingerprint density at radius 3 is 2.24 bits per heavy atom. The van der Waals surface area contributed by atoms with Crippen LogP contribution in [-0.4, -0.2) is 163 Å². The van der Waals surface area contributed by atoms with Gasteiger partial charge in [0.05, 0.1) is 67.1 Å². The molecule has 3 aliphatic carbocycles. The normalized spacial score (nSPS) is 21.6. The zero-order chi connectivity index (χ0) is 62.7. The first-order chi connectivity index (χ1) is 41.3. The van der Waals surface area contributed by atoms with E-state index in [0.717, 1.165) is 22.6 Å². The lowest BCUT2D eigenvalue weighted by atomic mass is 9.69. The lowest BCUT2D eigenvalue weighted by Crippen LogP contribution is -2.56. The van der Waals surface area contributed by atoms with E-state index in [1.165, 1.54) is 17.8 Å². The van der Waals surface area contributed by atoms with Crippen molar-refractivity contribution in [1.29, 1.82) is 0 Å². The van der Waals surface area contributed by atoms with E-state index >= 15 is 4.39 Å². The molecule has 8 N–H and O–H groups in total. The van der Waals surface area contributed by atoms with E-state index in [-0.39, 0.29) is 74.5 Å². The SMILES string of the molecule is [B]C(C)(COC(C)(C)CNC[C@@H](C(=O)NCC(=O)NCC(=O)N[C@@H](Cc1ccccc1)C(=O)NCC(=O)NCO[C@H](C(=O)N[C@H]1CCC2c3c(nc4c(c31)Cn1c-4cc3c(c1=O)COC(=O)[C@]3(O)CC)C=C(F)C2C)C1CC1)N1C(=O)C=CC1=O)OC. The van der Waals surface area contributed by atoms with Gasteiger partial charge in [-0.15, -0.1) is 0 Å². The van der Waals surface area contributed by atoms with Crippen molar-refractivity contribution in [2.75, 3.05) is 53.2 Å². The number of ether oxygens (including phenoxy) is 4. The van der Waals surface area contributed by atoms with Gasteiger partial charge in [0, 0.05) is 61.3 Å². The molecule has 0 spiro atoms. The Bertz CT molecular complexity index is 3370. The van der Waals surface area contributed by atoms with Crippen LogP contribution in [0.3, 0.4) is 0 Å². The summed E-state index contributed by atoms with van der Waals surface area (Å²) in [5.41, 5.74) is -0.260. The zero-order valence-corrected chi connectivity index (χ0v) is 49.3. The van der Waals surface area contributed by atoms with E-state index in [9.17, 15) is 53.1 Å². The monoisotopic (exact) mass is 1200 g/mol. The molecule has 462 valence electrons. The van der Waals surface area contributed by atoms with Gasteiger partial charge in [-0.05, 0) is 93.5 Å². The van der Waals surface area contributed by atoms with Crippen molar-refractivity contribution in [2.24, 2.45) is 11.8 Å². The first-order valence-electron chi connectivity index (χ1n) is 29.0. The number of pyridine rings is 2. The summed E-state index contributed by atoms with van der Waals surface area (Å²) >= 11 is 0. The van der Waals surface area contributed by atoms with Crippen LogP contribution in [0.5, 0.6) is 0 Å². The van der Waals surface area contributed by atoms with Crippen LogP contribution >= 0.6 is 0 Å². The molecule has 9 rings (SSSR count). The summed E-state index contributed by atoms with van der Waals surface area (Å²) in [6.07, 6.45) is 4.64. The van der Waals surface area contributed by atoms with Gasteiger partial charge in [0.1, 0.15) is 45.2 Å². The summed E-state index contributed by atoms with van der Waals surface area (Å²) in [6.45, 7) is 6.02. The first kappa shape index (κ1) is 63.5. The molecule has 87 heavy (non-hydrogen) atoms. The minimum Gasteiger partial charge on any atom is -0.458 e. The summed E-state index contributed by atoms with van der Waals surface area (Å²) in [5.74, 6) is -7.94. The number of hydrogen-bond donors (Lipinski definition) is 8. The van der Waals surface area contributed by atoms with E-state index < -0.39 is 132 Å². The molecular formula is C60H72BFN10O15. The fourth-order valence-corrected chi connectivity index (χ4v) is 11.5. The van der Waals surface area contributed by atoms with Crippen molar-refractivity contribution in [1.82, 2.24) is 51.7 Å². The fourth-order valence-electron chi connectivity index (χ4n) is 11.5. The van der Waals surface area contributed by atoms with Gasteiger partial charge in [-0.3, -0.25) is 48.1 Å². The van der Waals surface area contributed by atoms with Crippen LogP contribution in [0.2, 0.25) is 0 Å². The molecule has 2 radical (unpaired) electrons. The smallest absolute Gasteiger partial charge is 0.343 e. The third kappa shape index (κ3) is 14.1. The Morgan fingerprint density at radius 2 is 1.56 bits per heavy atom. The summed E-state index contributed by atoms with van der Waals surface area (Å²) in [4.78, 5) is 139. The predicted octanol–water partition coefficient (Wildman–Crippen LogP) is 0.0757. The van der Waals surface area contributed by atoms with Crippen molar-refractivity contribution in [3.05, 3.63) is 104 Å². The Morgan fingerprint density at radius 1 is 0.885 bits per heavy atom. The highest BCUT2D eigenvalue weighted by molar-refractivity contribution is 6.15. The van der Waals surface area contributed by atoms with Crippen LogP contribution in [0.25, 0.3) is 17.5 Å². The number of aliphatic hydroxyl groups is 1. The highest BCUT2D eigenvalue weighted by Gasteiger charge is 2.48. The highest BCUT2D eigenvalue weighted by atomic mass is 19.1. The molecule has 2 aromatic heterocycles. The van der Waals surface area contributed by atoms with E-state index in [4.69, 9.17) is 31.8 Å². The molecule has 1 saturated carbocycles. The molecule has 8 amide bonds. The molecule has 25 nitrogen and oxygen atoms in total. The standard InChI is InChI=1S/C60H72BFN10O15/c1-7-60(83)37-20-42-51-35(26-71(42)56(81)36(37)27-85-57(60)82)50-39(16-15-34-31(2)38(62)21-40(69-51)49(34)50)70-55(80)52(33-13-14-33)86-30-67-45(74)24-65-53(78)41(19-32-11-9-8-10-12-32)68-46(75)25-64-44(73)23-66-54(79)43(72-47(76)17-18-48(72)77)22-63-28-58(3,4)87-29-59(5,61)84-6/h8-12,17-18,20-21,31,33-34,39,41,43,52,63,83H,7,13-16,19,22-30H2,1-6H3,(H,64,73)(H,65,78)(H,66,79)(H,67,74)(H,68,75)(H,70,80)/t31?,34?,39-,41-,43-,52-,59?,60-/m0/s1. The topological polar surface area (TPSA) is 333 Å². The first-order valence-corrected chi connectivity index (χ1v) is 29.0. The Kier molecular flexibility index (Phi) is 19.1. The second kappa shape index (κ2) is 26.2. The molecule has 8 atom stereocenters. The van der Waals surface area contributed by atoms with Crippen molar-refractivity contribution < 1.29 is 71.6 Å². The molecule has 3 aromatic rings. The maximum absolute atomic E-state index is 15.6. The number of benzene rings is 1. The fraction of sp³-hybridized carbons (Fsp3) is 0.517. The molecule has 3 aliphatic heterocycles. The minimum absolute atomic E-state index is 0.0139. The number of esters is 1. The summed E-state index contributed by atoms with van der Waals surface area (Å²) < 4.78 is 39.5. The molecular weight excluding hydrogens is 1130 g/mol. The number of aromatic nitrogens is 2. The maximum atomic E-state index is 15.6. The number of rotatable bonds is 27. The second-order valence-electron chi connectivity index (χ2n) is 23.6. The third-order valence-corrected chi connectivity index (χ3v) is 16.8. The van der Waals surface area contributed by atoms with Crippen LogP contribution in [0, 0.1) is 11.8 Å². The van der Waals surface area contributed by atoms with Gasteiger partial charge in [0.15, 0.2) is 5.60 Å². The Labute approximate surface area is 502 Å². The number of carbonyl (C=O) groups excluding carboxylic acids is 9. The number of carbonyl (C=O) groups is 9. The van der Waals surface area contributed by atoms with Crippen molar-refractivity contribution in [3.63, 3.8) is 0 Å². The number of nitrogens with one attached hydrogen (secondary N) is 7. The van der Waals surface area contributed by atoms with Gasteiger partial charge < -0.3 is 65.8 Å². The van der Waals surface area contributed by atoms with E-state index in [1.807, 2.05) is 0 Å². The van der Waals surface area contributed by atoms with Crippen LogP contribution in [-0.2, 0) is 87.3 Å². The van der Waals surface area contributed by atoms with Crippen LogP contribution < -0.4 is 42.8 Å². The van der Waals surface area contributed by atoms with Gasteiger partial charge in [-0.2, -0.15) is 0 Å². The molecule has 3 unspecified atom stereocenters. The van der Waals surface area contributed by atoms with Crippen LogP contribution in [0.15, 0.2) is 59.2 Å². The molecule has 0 bridgehead atoms. The number of amides is 8. The number of hydrogen-bond acceptors (Lipinski definition) is 17. The molecule has 5 heterocycles. The van der Waals surface area contributed by atoms with Gasteiger partial charge in [-0.1, -0.05) is 44.2 Å². The molecule has 27 heteroatoms. The van der Waals surface area contributed by atoms with Crippen molar-refractivity contribution >= 4 is 67.1 Å². The molecule has 1 fully saturated rings. The van der Waals surface area contributed by atoms with Crippen LogP contribution in [0.1, 0.15) is 118 Å². The molecule has 0 saturated heterocycles. The summed E-state index contributed by atoms with van der Waals surface area (Å²) in [5, 5.41) is 30.1. The van der Waals surface area contributed by atoms with Gasteiger partial charge in [0.2, 0.25) is 35.4 Å². The Balaban J connectivity index is 0.781. The molecule has 6 aliphatic rings. The number of fused-ring (bicyclic) bond motifs is 5. The highest BCUT2D eigenvalue weighted by Crippen LogP contribution is 2.52. The van der Waals surface area contributed by atoms with Crippen molar-refractivity contribution in [3.8, 4) is 11.4 Å². The predicted molar refractivity (Wildman–Crippen MR) is 309 cm³/mol. The lowest BCUT2D eigenvalue weighted by molar-refractivity contribution is -0.172. The average molecular weight is 1200 g/mol. The number of halogens is 1. The Hall–Kier alpha value is -7.98. The van der Waals surface area contributed by atoms with Gasteiger partial charge in [-0.25, -0.2) is 14.2 Å². The van der Waals surface area contributed by atoms with Gasteiger partial charge >= 0.3 is 5.97 Å². The third-order valence-electron chi connectivity index (χ3n) is 16.8. The minimum atomic E-state index is -2.06. The van der Waals surface area contributed by atoms with E-state index in [1.54, 1.807) is 71.0 Å².